The zero-order valence-electron chi connectivity index (χ0n) is 7.50. The van der Waals surface area contributed by atoms with Gasteiger partial charge in [0.2, 0.25) is 0 Å². The smallest absolute Gasteiger partial charge is 0.193 e. The molecule has 0 aromatic carbocycles. The minimum atomic E-state index is -0.0431. The largest absolute Gasteiger partial charge is 0.370 e. The van der Waals surface area contributed by atoms with E-state index in [0.29, 0.717) is 5.25 Å². The van der Waals surface area contributed by atoms with Gasteiger partial charge in [-0.3, -0.25) is 5.41 Å². The Morgan fingerprint density at radius 2 is 1.92 bits per heavy atom. The van der Waals surface area contributed by atoms with Crippen LogP contribution < -0.4 is 11.5 Å². The Bertz CT molecular complexity index is 170. The number of nitrogens with two attached hydrogens (primary N) is 2. The number of hydrogen-bond donors (Lipinski definition) is 3. The summed E-state index contributed by atoms with van der Waals surface area (Å²) in [4.78, 5) is 3.63. The van der Waals surface area contributed by atoms with Crippen LogP contribution in [-0.2, 0) is 0 Å². The summed E-state index contributed by atoms with van der Waals surface area (Å²) in [6.45, 7) is 4.17. The van der Waals surface area contributed by atoms with Crippen molar-refractivity contribution >= 4 is 22.9 Å². The molecule has 0 saturated heterocycles. The van der Waals surface area contributed by atoms with E-state index in [1.165, 1.54) is 11.8 Å². The number of aliphatic imine (C=N–C) groups is 1. The van der Waals surface area contributed by atoms with Crippen LogP contribution >= 0.6 is 11.8 Å². The fourth-order valence-electron chi connectivity index (χ4n) is 0.757. The second kappa shape index (κ2) is 5.88. The molecule has 0 saturated carbocycles. The Labute approximate surface area is 77.3 Å². The highest BCUT2D eigenvalue weighted by molar-refractivity contribution is 8.14. The van der Waals surface area contributed by atoms with E-state index < -0.39 is 0 Å². The SMILES string of the molecule is CCC(CC)SC(=N)N=C(N)N. The third kappa shape index (κ3) is 5.01. The van der Waals surface area contributed by atoms with E-state index >= 15 is 0 Å². The molecule has 0 amide bonds. The van der Waals surface area contributed by atoms with Crippen molar-refractivity contribution in [3.8, 4) is 0 Å². The van der Waals surface area contributed by atoms with Crippen LogP contribution in [0.15, 0.2) is 4.99 Å². The lowest BCUT2D eigenvalue weighted by atomic mass is 10.3. The molecular weight excluding hydrogens is 172 g/mol. The lowest BCUT2D eigenvalue weighted by Crippen LogP contribution is -2.23. The van der Waals surface area contributed by atoms with Gasteiger partial charge in [0.25, 0.3) is 0 Å². The fourth-order valence-corrected chi connectivity index (χ4v) is 1.56. The minimum absolute atomic E-state index is 0.0431. The average molecular weight is 188 g/mol. The fraction of sp³-hybridized carbons (Fsp3) is 0.714. The van der Waals surface area contributed by atoms with E-state index in [-0.39, 0.29) is 11.1 Å². The summed E-state index contributed by atoms with van der Waals surface area (Å²) < 4.78 is 0. The summed E-state index contributed by atoms with van der Waals surface area (Å²) >= 11 is 1.41. The Balaban J connectivity index is 3.90. The molecule has 4 nitrogen and oxygen atoms in total. The Kier molecular flexibility index (Phi) is 5.53. The van der Waals surface area contributed by atoms with Crippen molar-refractivity contribution in [1.29, 1.82) is 5.41 Å². The molecule has 0 rings (SSSR count). The highest BCUT2D eigenvalue weighted by atomic mass is 32.2. The van der Waals surface area contributed by atoms with E-state index in [9.17, 15) is 0 Å². The van der Waals surface area contributed by atoms with Crippen molar-refractivity contribution in [3.63, 3.8) is 0 Å². The van der Waals surface area contributed by atoms with E-state index in [1.807, 2.05) is 0 Å². The molecule has 12 heavy (non-hydrogen) atoms. The van der Waals surface area contributed by atoms with E-state index in [0.717, 1.165) is 12.8 Å². The lowest BCUT2D eigenvalue weighted by Gasteiger charge is -2.09. The Hall–Kier alpha value is -0.710. The Morgan fingerprint density at radius 3 is 2.25 bits per heavy atom. The van der Waals surface area contributed by atoms with Gasteiger partial charge in [0.1, 0.15) is 0 Å². The molecule has 5 heteroatoms. The molecule has 0 radical (unpaired) electrons. The molecule has 0 aliphatic carbocycles. The van der Waals surface area contributed by atoms with Gasteiger partial charge >= 0.3 is 0 Å². The van der Waals surface area contributed by atoms with Crippen molar-refractivity contribution in [2.24, 2.45) is 16.5 Å². The molecule has 0 aliphatic heterocycles. The summed E-state index contributed by atoms with van der Waals surface area (Å²) in [6.07, 6.45) is 2.06. The number of amidine groups is 1. The first-order valence-electron chi connectivity index (χ1n) is 3.95. The first kappa shape index (κ1) is 11.3. The van der Waals surface area contributed by atoms with Gasteiger partial charge in [-0.15, -0.1) is 0 Å². The van der Waals surface area contributed by atoms with Crippen molar-refractivity contribution in [2.75, 3.05) is 0 Å². The van der Waals surface area contributed by atoms with Gasteiger partial charge < -0.3 is 11.5 Å². The van der Waals surface area contributed by atoms with Crippen molar-refractivity contribution in [1.82, 2.24) is 0 Å². The number of thioether (sulfide) groups is 1. The van der Waals surface area contributed by atoms with Crippen LogP contribution in [0.1, 0.15) is 26.7 Å². The van der Waals surface area contributed by atoms with Gasteiger partial charge in [0.05, 0.1) is 0 Å². The summed E-state index contributed by atoms with van der Waals surface area (Å²) in [5.41, 5.74) is 10.3. The number of hydrogen-bond acceptors (Lipinski definition) is 2. The van der Waals surface area contributed by atoms with E-state index in [4.69, 9.17) is 16.9 Å². The van der Waals surface area contributed by atoms with Crippen molar-refractivity contribution < 1.29 is 0 Å². The van der Waals surface area contributed by atoms with Crippen LogP contribution in [0.25, 0.3) is 0 Å². The topological polar surface area (TPSA) is 88.2 Å². The van der Waals surface area contributed by atoms with Crippen LogP contribution in [0.2, 0.25) is 0 Å². The van der Waals surface area contributed by atoms with Gasteiger partial charge in [-0.1, -0.05) is 25.6 Å². The van der Waals surface area contributed by atoms with Crippen LogP contribution in [0.4, 0.5) is 0 Å². The van der Waals surface area contributed by atoms with E-state index in [2.05, 4.69) is 18.8 Å². The molecule has 0 aromatic rings. The lowest BCUT2D eigenvalue weighted by molar-refractivity contribution is 0.796. The number of rotatable bonds is 3. The summed E-state index contributed by atoms with van der Waals surface area (Å²) in [7, 11) is 0. The number of guanidine groups is 1. The van der Waals surface area contributed by atoms with Crippen LogP contribution in [0.3, 0.4) is 0 Å². The average Bonchev–Trinajstić information content (AvgIpc) is 1.98. The molecular formula is C7H16N4S. The molecule has 0 aliphatic rings. The first-order valence-corrected chi connectivity index (χ1v) is 4.82. The van der Waals surface area contributed by atoms with Crippen molar-refractivity contribution in [2.45, 2.75) is 31.9 Å². The zero-order chi connectivity index (χ0) is 9.56. The molecule has 0 atom stereocenters. The predicted molar refractivity (Wildman–Crippen MR) is 55.5 cm³/mol. The zero-order valence-corrected chi connectivity index (χ0v) is 8.32. The summed E-state index contributed by atoms with van der Waals surface area (Å²) in [5, 5.41) is 8.01. The number of nitrogens with zero attached hydrogens (tertiary/aromatic N) is 1. The van der Waals surface area contributed by atoms with Crippen LogP contribution in [0, 0.1) is 5.41 Å². The quantitative estimate of drug-likeness (QED) is 0.458. The third-order valence-electron chi connectivity index (χ3n) is 1.42. The Morgan fingerprint density at radius 1 is 1.42 bits per heavy atom. The number of nitrogens with one attached hydrogen (secondary N) is 1. The molecule has 70 valence electrons. The van der Waals surface area contributed by atoms with Crippen LogP contribution in [-0.4, -0.2) is 16.4 Å². The highest BCUT2D eigenvalue weighted by Gasteiger charge is 2.06. The molecule has 0 aromatic heterocycles. The molecule has 5 N–H and O–H groups in total. The normalized spacial score (nSPS) is 9.92. The monoisotopic (exact) mass is 188 g/mol. The van der Waals surface area contributed by atoms with Gasteiger partial charge in [-0.05, 0) is 12.8 Å². The standard InChI is InChI=1S/C7H16N4S/c1-3-5(4-2)12-7(10)11-6(8)9/h5H,3-4H2,1-2H3,(H5,8,9,10,11). The molecule has 0 heterocycles. The van der Waals surface area contributed by atoms with Gasteiger partial charge in [-0.2, -0.15) is 4.99 Å². The summed E-state index contributed by atoms with van der Waals surface area (Å²) in [6, 6.07) is 0. The van der Waals surface area contributed by atoms with Gasteiger partial charge in [0.15, 0.2) is 11.1 Å². The first-order chi connectivity index (χ1) is 5.60. The van der Waals surface area contributed by atoms with Crippen LogP contribution in [0.5, 0.6) is 0 Å². The predicted octanol–water partition coefficient (Wildman–Crippen LogP) is 1.12. The molecule has 0 spiro atoms. The maximum atomic E-state index is 7.37. The highest BCUT2D eigenvalue weighted by Crippen LogP contribution is 2.18. The van der Waals surface area contributed by atoms with Gasteiger partial charge in [0, 0.05) is 5.25 Å². The second-order valence-electron chi connectivity index (χ2n) is 2.40. The molecule has 0 unspecified atom stereocenters. The second-order valence-corrected chi connectivity index (χ2v) is 3.69. The van der Waals surface area contributed by atoms with E-state index in [1.54, 1.807) is 0 Å². The summed E-state index contributed by atoms with van der Waals surface area (Å²) in [5.74, 6) is -0.0431. The maximum Gasteiger partial charge on any atom is 0.193 e. The van der Waals surface area contributed by atoms with Gasteiger partial charge in [-0.25, -0.2) is 0 Å². The third-order valence-corrected chi connectivity index (χ3v) is 2.73. The minimum Gasteiger partial charge on any atom is -0.370 e. The molecule has 0 bridgehead atoms. The molecule has 0 fully saturated rings. The maximum absolute atomic E-state index is 7.37. The van der Waals surface area contributed by atoms with Crippen molar-refractivity contribution in [3.05, 3.63) is 0 Å².